The molecule has 1 atom stereocenters. The normalized spacial score (nSPS) is 16.3. The van der Waals surface area contributed by atoms with Crippen molar-refractivity contribution in [3.8, 4) is 11.8 Å². The van der Waals surface area contributed by atoms with Crippen LogP contribution < -0.4 is 9.64 Å². The smallest absolute Gasteiger partial charge is 0.143 e. The lowest BCUT2D eigenvalue weighted by Crippen LogP contribution is -2.45. The van der Waals surface area contributed by atoms with Crippen molar-refractivity contribution in [3.05, 3.63) is 59.4 Å². The van der Waals surface area contributed by atoms with E-state index in [0.29, 0.717) is 24.2 Å². The molecule has 0 fully saturated rings. The molecule has 0 aromatic heterocycles. The van der Waals surface area contributed by atoms with Gasteiger partial charge in [0.1, 0.15) is 17.7 Å². The van der Waals surface area contributed by atoms with Gasteiger partial charge in [0.2, 0.25) is 0 Å². The third-order valence-corrected chi connectivity index (χ3v) is 4.44. The highest BCUT2D eigenvalue weighted by molar-refractivity contribution is 5.60. The highest BCUT2D eigenvalue weighted by Gasteiger charge is 2.25. The van der Waals surface area contributed by atoms with Crippen LogP contribution in [-0.2, 0) is 6.54 Å². The second kappa shape index (κ2) is 7.54. The number of likely N-dealkylation sites (N-methyl/N-ethyl adjacent to an activating group) is 2. The van der Waals surface area contributed by atoms with Gasteiger partial charge in [0.25, 0.3) is 0 Å². The SMILES string of the molecule is CCN1CC(CN(C)Cc2ccc(C#N)cc2F)Oc2ccccc21. The van der Waals surface area contributed by atoms with Crippen LogP contribution in [0.15, 0.2) is 42.5 Å². The van der Waals surface area contributed by atoms with Crippen LogP contribution in [0.1, 0.15) is 18.1 Å². The van der Waals surface area contributed by atoms with E-state index >= 15 is 0 Å². The van der Waals surface area contributed by atoms with E-state index in [1.165, 1.54) is 6.07 Å². The van der Waals surface area contributed by atoms with Crippen molar-refractivity contribution >= 4 is 5.69 Å². The van der Waals surface area contributed by atoms with Crippen molar-refractivity contribution < 1.29 is 9.13 Å². The number of ether oxygens (including phenoxy) is 1. The first-order chi connectivity index (χ1) is 12.1. The number of para-hydroxylation sites is 2. The van der Waals surface area contributed by atoms with Crippen LogP contribution in [0.3, 0.4) is 0 Å². The minimum absolute atomic E-state index is 0.0290. The Balaban J connectivity index is 1.66. The zero-order valence-corrected chi connectivity index (χ0v) is 14.6. The van der Waals surface area contributed by atoms with Crippen LogP contribution in [0.5, 0.6) is 5.75 Å². The summed E-state index contributed by atoms with van der Waals surface area (Å²) >= 11 is 0. The molecular weight excluding hydrogens is 317 g/mol. The minimum Gasteiger partial charge on any atom is -0.485 e. The van der Waals surface area contributed by atoms with E-state index in [4.69, 9.17) is 10.00 Å². The minimum atomic E-state index is -0.337. The molecule has 3 rings (SSSR count). The van der Waals surface area contributed by atoms with E-state index < -0.39 is 0 Å². The quantitative estimate of drug-likeness (QED) is 0.837. The lowest BCUT2D eigenvalue weighted by atomic mass is 10.1. The number of nitrogens with zero attached hydrogens (tertiary/aromatic N) is 3. The fourth-order valence-corrected chi connectivity index (χ4v) is 3.22. The maximum Gasteiger partial charge on any atom is 0.143 e. The maximum absolute atomic E-state index is 14.1. The number of benzene rings is 2. The number of hydrogen-bond donors (Lipinski definition) is 0. The van der Waals surface area contributed by atoms with Crippen molar-refractivity contribution in [2.75, 3.05) is 31.6 Å². The van der Waals surface area contributed by atoms with Gasteiger partial charge in [-0.05, 0) is 38.2 Å². The van der Waals surface area contributed by atoms with E-state index in [1.807, 2.05) is 31.3 Å². The standard InChI is InChI=1S/C20H22FN3O/c1-3-24-14-17(25-20-7-5-4-6-19(20)24)13-23(2)12-16-9-8-15(11-22)10-18(16)21/h4-10,17H,3,12-14H2,1-2H3. The fraction of sp³-hybridized carbons (Fsp3) is 0.350. The summed E-state index contributed by atoms with van der Waals surface area (Å²) in [6.45, 7) is 5.04. The van der Waals surface area contributed by atoms with Crippen molar-refractivity contribution in [1.29, 1.82) is 5.26 Å². The van der Waals surface area contributed by atoms with E-state index in [9.17, 15) is 4.39 Å². The zero-order chi connectivity index (χ0) is 17.8. The molecular formula is C20H22FN3O. The van der Waals surface area contributed by atoms with Gasteiger partial charge in [-0.1, -0.05) is 18.2 Å². The molecule has 0 amide bonds. The van der Waals surface area contributed by atoms with Gasteiger partial charge in [0.05, 0.1) is 23.9 Å². The summed E-state index contributed by atoms with van der Waals surface area (Å²) in [7, 11) is 1.96. The Bertz CT molecular complexity index is 787. The second-order valence-corrected chi connectivity index (χ2v) is 6.36. The number of fused-ring (bicyclic) bond motifs is 1. The molecule has 1 unspecified atom stereocenters. The molecule has 130 valence electrons. The van der Waals surface area contributed by atoms with Gasteiger partial charge < -0.3 is 9.64 Å². The van der Waals surface area contributed by atoms with Gasteiger partial charge in [-0.3, -0.25) is 4.90 Å². The Morgan fingerprint density at radius 3 is 2.84 bits per heavy atom. The molecule has 2 aromatic rings. The highest BCUT2D eigenvalue weighted by atomic mass is 19.1. The van der Waals surface area contributed by atoms with Crippen molar-refractivity contribution in [1.82, 2.24) is 4.90 Å². The fourth-order valence-electron chi connectivity index (χ4n) is 3.22. The first-order valence-corrected chi connectivity index (χ1v) is 8.48. The van der Waals surface area contributed by atoms with Gasteiger partial charge in [-0.15, -0.1) is 0 Å². The lowest BCUT2D eigenvalue weighted by Gasteiger charge is -2.37. The first-order valence-electron chi connectivity index (χ1n) is 8.48. The molecule has 1 heterocycles. The van der Waals surface area contributed by atoms with E-state index in [-0.39, 0.29) is 11.9 Å². The monoisotopic (exact) mass is 339 g/mol. The second-order valence-electron chi connectivity index (χ2n) is 6.36. The van der Waals surface area contributed by atoms with Gasteiger partial charge >= 0.3 is 0 Å². The Morgan fingerprint density at radius 2 is 2.12 bits per heavy atom. The van der Waals surface area contributed by atoms with Crippen molar-refractivity contribution in [2.24, 2.45) is 0 Å². The van der Waals surface area contributed by atoms with Crippen LogP contribution in [0.25, 0.3) is 0 Å². The molecule has 0 spiro atoms. The summed E-state index contributed by atoms with van der Waals surface area (Å²) < 4.78 is 20.2. The summed E-state index contributed by atoms with van der Waals surface area (Å²) in [6, 6.07) is 14.6. The van der Waals surface area contributed by atoms with E-state index in [1.54, 1.807) is 12.1 Å². The molecule has 25 heavy (non-hydrogen) atoms. The van der Waals surface area contributed by atoms with Gasteiger partial charge in [-0.2, -0.15) is 5.26 Å². The van der Waals surface area contributed by atoms with Gasteiger partial charge in [0.15, 0.2) is 0 Å². The predicted octanol–water partition coefficient (Wildman–Crippen LogP) is 3.42. The zero-order valence-electron chi connectivity index (χ0n) is 14.6. The molecule has 0 saturated heterocycles. The average molecular weight is 339 g/mol. The van der Waals surface area contributed by atoms with Crippen LogP contribution >= 0.6 is 0 Å². The van der Waals surface area contributed by atoms with Crippen molar-refractivity contribution in [3.63, 3.8) is 0 Å². The molecule has 0 radical (unpaired) electrons. The summed E-state index contributed by atoms with van der Waals surface area (Å²) in [6.07, 6.45) is 0.0290. The van der Waals surface area contributed by atoms with E-state index in [0.717, 1.165) is 24.5 Å². The summed E-state index contributed by atoms with van der Waals surface area (Å²) in [4.78, 5) is 4.36. The van der Waals surface area contributed by atoms with Crippen LogP contribution in [0, 0.1) is 17.1 Å². The molecule has 0 bridgehead atoms. The maximum atomic E-state index is 14.1. The summed E-state index contributed by atoms with van der Waals surface area (Å²) in [5.74, 6) is 0.564. The lowest BCUT2D eigenvalue weighted by molar-refractivity contribution is 0.139. The first kappa shape index (κ1) is 17.2. The Labute approximate surface area is 148 Å². The molecule has 2 aromatic carbocycles. The Kier molecular flexibility index (Phi) is 5.20. The highest BCUT2D eigenvalue weighted by Crippen LogP contribution is 2.32. The van der Waals surface area contributed by atoms with Crippen LogP contribution in [0.2, 0.25) is 0 Å². The molecule has 0 aliphatic carbocycles. The Hall–Kier alpha value is -2.58. The number of rotatable bonds is 5. The number of hydrogen-bond acceptors (Lipinski definition) is 4. The third kappa shape index (κ3) is 3.92. The molecule has 1 aliphatic heterocycles. The molecule has 4 nitrogen and oxygen atoms in total. The van der Waals surface area contributed by atoms with Gasteiger partial charge in [-0.25, -0.2) is 4.39 Å². The van der Waals surface area contributed by atoms with Gasteiger partial charge in [0, 0.05) is 25.2 Å². The topological polar surface area (TPSA) is 39.5 Å². The summed E-state index contributed by atoms with van der Waals surface area (Å²) in [5, 5.41) is 8.83. The van der Waals surface area contributed by atoms with Crippen LogP contribution in [0.4, 0.5) is 10.1 Å². The largest absolute Gasteiger partial charge is 0.485 e. The molecule has 0 N–H and O–H groups in total. The summed E-state index contributed by atoms with van der Waals surface area (Å²) in [5.41, 5.74) is 2.06. The number of halogens is 1. The van der Waals surface area contributed by atoms with E-state index in [2.05, 4.69) is 22.8 Å². The molecule has 5 heteroatoms. The molecule has 0 saturated carbocycles. The Morgan fingerprint density at radius 1 is 1.32 bits per heavy atom. The van der Waals surface area contributed by atoms with Crippen molar-refractivity contribution in [2.45, 2.75) is 19.6 Å². The third-order valence-electron chi connectivity index (χ3n) is 4.44. The number of anilines is 1. The predicted molar refractivity (Wildman–Crippen MR) is 96.2 cm³/mol. The van der Waals surface area contributed by atoms with Crippen LogP contribution in [-0.4, -0.2) is 37.7 Å². The molecule has 1 aliphatic rings. The number of nitriles is 1. The average Bonchev–Trinajstić information content (AvgIpc) is 2.62.